The van der Waals surface area contributed by atoms with Crippen LogP contribution in [0, 0.1) is 5.82 Å². The van der Waals surface area contributed by atoms with Crippen LogP contribution in [-0.2, 0) is 21.4 Å². The zero-order valence-electron chi connectivity index (χ0n) is 15.6. The number of amides is 1. The summed E-state index contributed by atoms with van der Waals surface area (Å²) in [5.41, 5.74) is 0.842. The number of carbonyl (C=O) groups is 1. The lowest BCUT2D eigenvalue weighted by Gasteiger charge is -2.18. The van der Waals surface area contributed by atoms with E-state index < -0.39 is 32.7 Å². The van der Waals surface area contributed by atoms with Crippen molar-refractivity contribution in [2.24, 2.45) is 0 Å². The van der Waals surface area contributed by atoms with Crippen LogP contribution in [0.1, 0.15) is 12.0 Å². The molecule has 1 atom stereocenters. The Hall–Kier alpha value is -2.10. The molecule has 0 aliphatic heterocycles. The van der Waals surface area contributed by atoms with Gasteiger partial charge in [-0.2, -0.15) is 16.5 Å². The molecule has 2 aromatic carbocycles. The van der Waals surface area contributed by atoms with Gasteiger partial charge in [-0.3, -0.25) is 4.79 Å². The minimum Gasteiger partial charge on any atom is -0.497 e. The summed E-state index contributed by atoms with van der Waals surface area (Å²) in [5.74, 6) is -0.0620. The van der Waals surface area contributed by atoms with Gasteiger partial charge in [-0.05, 0) is 48.3 Å². The van der Waals surface area contributed by atoms with E-state index in [0.29, 0.717) is 11.5 Å². The normalized spacial score (nSPS) is 12.4. The van der Waals surface area contributed by atoms with E-state index in [4.69, 9.17) is 4.74 Å². The number of sulfonamides is 1. The molecule has 0 aromatic heterocycles. The van der Waals surface area contributed by atoms with Crippen LogP contribution in [0.25, 0.3) is 0 Å². The van der Waals surface area contributed by atoms with Crippen LogP contribution in [-0.4, -0.2) is 39.5 Å². The highest BCUT2D eigenvalue weighted by Crippen LogP contribution is 2.15. The molecule has 0 heterocycles. The largest absolute Gasteiger partial charge is 0.497 e. The fourth-order valence-corrected chi connectivity index (χ4v) is 4.23. The molecule has 0 fully saturated rings. The minimum absolute atomic E-state index is 0.236. The molecule has 0 saturated heterocycles. The van der Waals surface area contributed by atoms with E-state index in [1.165, 1.54) is 30.0 Å². The highest BCUT2D eigenvalue weighted by atomic mass is 32.2. The predicted molar refractivity (Wildman–Crippen MR) is 108 cm³/mol. The number of hydrogen-bond acceptors (Lipinski definition) is 5. The van der Waals surface area contributed by atoms with Crippen LogP contribution in [0.3, 0.4) is 0 Å². The standard InChI is InChI=1S/C19H23FN2O4S2/c1-26-15-9-7-14(8-10-15)13-21-19(23)17(11-12-27-2)22-28(24,25)18-6-4-3-5-16(18)20/h3-10,17,22H,11-13H2,1-2H3,(H,21,23)/t17-/m1/s1. The van der Waals surface area contributed by atoms with Crippen molar-refractivity contribution in [2.45, 2.75) is 23.9 Å². The number of rotatable bonds is 10. The highest BCUT2D eigenvalue weighted by molar-refractivity contribution is 7.98. The summed E-state index contributed by atoms with van der Waals surface area (Å²) in [6.45, 7) is 0.236. The Bertz CT molecular complexity index is 889. The second kappa shape index (κ2) is 10.4. The molecule has 28 heavy (non-hydrogen) atoms. The molecule has 0 radical (unpaired) electrons. The third-order valence-corrected chi connectivity index (χ3v) is 6.13. The maximum atomic E-state index is 13.9. The first-order chi connectivity index (χ1) is 13.4. The van der Waals surface area contributed by atoms with E-state index in [2.05, 4.69) is 10.0 Å². The van der Waals surface area contributed by atoms with E-state index in [1.807, 2.05) is 6.26 Å². The average molecular weight is 427 g/mol. The smallest absolute Gasteiger partial charge is 0.244 e. The van der Waals surface area contributed by atoms with Crippen LogP contribution in [0.15, 0.2) is 53.4 Å². The molecule has 2 aromatic rings. The third kappa shape index (κ3) is 6.22. The molecule has 2 N–H and O–H groups in total. The summed E-state index contributed by atoms with van der Waals surface area (Å²) >= 11 is 1.49. The first kappa shape index (κ1) is 22.2. The van der Waals surface area contributed by atoms with Crippen molar-refractivity contribution < 1.29 is 22.3 Å². The summed E-state index contributed by atoms with van der Waals surface area (Å²) in [6, 6.07) is 11.2. The van der Waals surface area contributed by atoms with Crippen LogP contribution in [0.5, 0.6) is 5.75 Å². The van der Waals surface area contributed by atoms with Crippen LogP contribution < -0.4 is 14.8 Å². The van der Waals surface area contributed by atoms with E-state index in [0.717, 1.165) is 11.6 Å². The van der Waals surface area contributed by atoms with Crippen molar-refractivity contribution in [3.8, 4) is 5.75 Å². The van der Waals surface area contributed by atoms with E-state index in [-0.39, 0.29) is 13.0 Å². The highest BCUT2D eigenvalue weighted by Gasteiger charge is 2.27. The molecule has 9 heteroatoms. The summed E-state index contributed by atoms with van der Waals surface area (Å²) in [6.07, 6.45) is 2.14. The van der Waals surface area contributed by atoms with Crippen molar-refractivity contribution in [3.63, 3.8) is 0 Å². The van der Waals surface area contributed by atoms with Crippen molar-refractivity contribution in [1.29, 1.82) is 0 Å². The Morgan fingerprint density at radius 2 is 1.86 bits per heavy atom. The van der Waals surface area contributed by atoms with Gasteiger partial charge in [0, 0.05) is 6.54 Å². The molecule has 152 valence electrons. The molecule has 0 bridgehead atoms. The van der Waals surface area contributed by atoms with E-state index in [1.54, 1.807) is 31.4 Å². The van der Waals surface area contributed by atoms with E-state index in [9.17, 15) is 17.6 Å². The lowest BCUT2D eigenvalue weighted by molar-refractivity contribution is -0.122. The van der Waals surface area contributed by atoms with Crippen LogP contribution in [0.4, 0.5) is 4.39 Å². The Morgan fingerprint density at radius 1 is 1.18 bits per heavy atom. The number of nitrogens with one attached hydrogen (secondary N) is 2. The van der Waals surface area contributed by atoms with Gasteiger partial charge in [0.2, 0.25) is 15.9 Å². The molecular formula is C19H23FN2O4S2. The van der Waals surface area contributed by atoms with Gasteiger partial charge >= 0.3 is 0 Å². The molecule has 2 rings (SSSR count). The first-order valence-electron chi connectivity index (χ1n) is 8.54. The summed E-state index contributed by atoms with van der Waals surface area (Å²) < 4.78 is 46.3. The lowest BCUT2D eigenvalue weighted by atomic mass is 10.2. The quantitative estimate of drug-likeness (QED) is 0.610. The average Bonchev–Trinajstić information content (AvgIpc) is 2.69. The molecule has 0 aliphatic carbocycles. The van der Waals surface area contributed by atoms with E-state index >= 15 is 0 Å². The summed E-state index contributed by atoms with van der Waals surface area (Å²) in [5, 5.41) is 2.72. The number of hydrogen-bond donors (Lipinski definition) is 2. The Labute approximate surface area is 168 Å². The molecule has 6 nitrogen and oxygen atoms in total. The van der Waals surface area contributed by atoms with Crippen molar-refractivity contribution in [2.75, 3.05) is 19.1 Å². The molecule has 0 aliphatic rings. The molecule has 0 saturated carbocycles. The number of thioether (sulfide) groups is 1. The Balaban J connectivity index is 2.08. The number of carbonyl (C=O) groups excluding carboxylic acids is 1. The van der Waals surface area contributed by atoms with Crippen molar-refractivity contribution >= 4 is 27.7 Å². The summed E-state index contributed by atoms with van der Waals surface area (Å²) in [7, 11) is -2.60. The molecule has 1 amide bonds. The first-order valence-corrected chi connectivity index (χ1v) is 11.4. The van der Waals surface area contributed by atoms with Gasteiger partial charge in [-0.15, -0.1) is 0 Å². The number of benzene rings is 2. The maximum absolute atomic E-state index is 13.9. The second-order valence-electron chi connectivity index (χ2n) is 5.95. The lowest BCUT2D eigenvalue weighted by Crippen LogP contribution is -2.46. The number of ether oxygens (including phenoxy) is 1. The molecule has 0 spiro atoms. The molecular weight excluding hydrogens is 403 g/mol. The van der Waals surface area contributed by atoms with Crippen LogP contribution in [0.2, 0.25) is 0 Å². The van der Waals surface area contributed by atoms with Gasteiger partial charge in [0.1, 0.15) is 22.5 Å². The minimum atomic E-state index is -4.17. The monoisotopic (exact) mass is 426 g/mol. The molecule has 0 unspecified atom stereocenters. The van der Waals surface area contributed by atoms with Gasteiger partial charge in [0.05, 0.1) is 7.11 Å². The maximum Gasteiger partial charge on any atom is 0.244 e. The van der Waals surface area contributed by atoms with Crippen molar-refractivity contribution in [1.82, 2.24) is 10.0 Å². The zero-order chi connectivity index (χ0) is 20.6. The van der Waals surface area contributed by atoms with Crippen LogP contribution >= 0.6 is 11.8 Å². The fraction of sp³-hybridized carbons (Fsp3) is 0.316. The van der Waals surface area contributed by atoms with Crippen molar-refractivity contribution in [3.05, 3.63) is 59.9 Å². The SMILES string of the molecule is COc1ccc(CNC(=O)[C@@H](CCSC)NS(=O)(=O)c2ccccc2F)cc1. The predicted octanol–water partition coefficient (Wildman–Crippen LogP) is 2.55. The number of halogens is 1. The zero-order valence-corrected chi connectivity index (χ0v) is 17.3. The number of methoxy groups -OCH3 is 1. The fourth-order valence-electron chi connectivity index (χ4n) is 2.45. The third-order valence-electron chi connectivity index (χ3n) is 3.98. The van der Waals surface area contributed by atoms with Gasteiger partial charge in [-0.1, -0.05) is 24.3 Å². The van der Waals surface area contributed by atoms with Gasteiger partial charge in [0.15, 0.2) is 0 Å². The second-order valence-corrected chi connectivity index (χ2v) is 8.62. The Morgan fingerprint density at radius 3 is 2.46 bits per heavy atom. The van der Waals surface area contributed by atoms with Gasteiger partial charge < -0.3 is 10.1 Å². The topological polar surface area (TPSA) is 84.5 Å². The summed E-state index contributed by atoms with van der Waals surface area (Å²) in [4.78, 5) is 12.1. The van der Waals surface area contributed by atoms with Gasteiger partial charge in [-0.25, -0.2) is 12.8 Å². The van der Waals surface area contributed by atoms with Gasteiger partial charge in [0.25, 0.3) is 0 Å². The Kier molecular flexibility index (Phi) is 8.28.